The molecular weight excluding hydrogens is 250 g/mol. The van der Waals surface area contributed by atoms with Gasteiger partial charge in [-0.05, 0) is 57.3 Å². The van der Waals surface area contributed by atoms with Gasteiger partial charge in [-0.3, -0.25) is 9.78 Å². The van der Waals surface area contributed by atoms with E-state index in [4.69, 9.17) is 0 Å². The monoisotopic (exact) mass is 273 g/mol. The molecule has 108 valence electrons. The minimum absolute atomic E-state index is 0.0108. The highest BCUT2D eigenvalue weighted by molar-refractivity contribution is 5.93. The number of aromatic nitrogens is 1. The fourth-order valence-electron chi connectivity index (χ4n) is 2.85. The van der Waals surface area contributed by atoms with Gasteiger partial charge in [0.05, 0.1) is 5.56 Å². The van der Waals surface area contributed by atoms with Crippen molar-refractivity contribution in [1.82, 2.24) is 15.2 Å². The van der Waals surface area contributed by atoms with Gasteiger partial charge in [0.15, 0.2) is 0 Å². The van der Waals surface area contributed by atoms with E-state index in [9.17, 15) is 4.79 Å². The summed E-state index contributed by atoms with van der Waals surface area (Å²) in [7, 11) is 2.16. The summed E-state index contributed by atoms with van der Waals surface area (Å²) in [6.45, 7) is 3.06. The van der Waals surface area contributed by atoms with Gasteiger partial charge in [-0.25, -0.2) is 0 Å². The van der Waals surface area contributed by atoms with Crippen LogP contribution >= 0.6 is 0 Å². The highest BCUT2D eigenvalue weighted by Crippen LogP contribution is 2.27. The van der Waals surface area contributed by atoms with Crippen molar-refractivity contribution < 1.29 is 4.79 Å². The Balaban J connectivity index is 1.59. The number of nitrogens with one attached hydrogen (secondary N) is 1. The van der Waals surface area contributed by atoms with E-state index in [0.29, 0.717) is 17.4 Å². The molecular formula is C16H23N3O. The van der Waals surface area contributed by atoms with Gasteiger partial charge in [0.1, 0.15) is 0 Å². The number of piperidine rings is 1. The van der Waals surface area contributed by atoms with Crippen LogP contribution in [-0.2, 0) is 0 Å². The van der Waals surface area contributed by atoms with Gasteiger partial charge in [0.2, 0.25) is 0 Å². The van der Waals surface area contributed by atoms with Gasteiger partial charge in [-0.1, -0.05) is 0 Å². The van der Waals surface area contributed by atoms with E-state index in [1.807, 2.05) is 12.1 Å². The maximum Gasteiger partial charge on any atom is 0.252 e. The summed E-state index contributed by atoms with van der Waals surface area (Å²) >= 11 is 0. The molecule has 0 bridgehead atoms. The number of likely N-dealkylation sites (N-methyl/N-ethyl adjacent to an activating group) is 1. The van der Waals surface area contributed by atoms with E-state index < -0.39 is 0 Å². The first-order valence-electron chi connectivity index (χ1n) is 7.65. The number of hydrogen-bond acceptors (Lipinski definition) is 3. The van der Waals surface area contributed by atoms with Crippen LogP contribution in [0.5, 0.6) is 0 Å². The number of amides is 1. The van der Waals surface area contributed by atoms with Crippen molar-refractivity contribution in [2.45, 2.75) is 31.6 Å². The van der Waals surface area contributed by atoms with Gasteiger partial charge in [-0.15, -0.1) is 0 Å². The zero-order valence-electron chi connectivity index (χ0n) is 12.1. The molecule has 20 heavy (non-hydrogen) atoms. The van der Waals surface area contributed by atoms with Gasteiger partial charge in [-0.2, -0.15) is 0 Å². The standard InChI is InChI=1S/C16H23N3O/c1-19-8-2-3-14(11-19)15-7-6-13(10-17-15)16(20)18-9-12-4-5-12/h6-7,10,12,14H,2-5,8-9,11H2,1H3,(H,18,20). The fraction of sp³-hybridized carbons (Fsp3) is 0.625. The molecule has 2 fully saturated rings. The Morgan fingerprint density at radius 2 is 2.25 bits per heavy atom. The van der Waals surface area contributed by atoms with E-state index in [1.165, 1.54) is 32.2 Å². The molecule has 1 atom stereocenters. The van der Waals surface area contributed by atoms with Crippen LogP contribution in [0.3, 0.4) is 0 Å². The highest BCUT2D eigenvalue weighted by atomic mass is 16.1. The van der Waals surface area contributed by atoms with Crippen LogP contribution in [0.4, 0.5) is 0 Å². The van der Waals surface area contributed by atoms with E-state index >= 15 is 0 Å². The van der Waals surface area contributed by atoms with E-state index in [2.05, 4.69) is 22.2 Å². The van der Waals surface area contributed by atoms with Crippen LogP contribution in [0, 0.1) is 5.92 Å². The first-order chi connectivity index (χ1) is 9.72. The minimum Gasteiger partial charge on any atom is -0.352 e. The lowest BCUT2D eigenvalue weighted by molar-refractivity contribution is 0.0951. The third kappa shape index (κ3) is 3.37. The average molecular weight is 273 g/mol. The lowest BCUT2D eigenvalue weighted by atomic mass is 9.94. The normalized spacial score (nSPS) is 23.6. The molecule has 0 spiro atoms. The molecule has 1 saturated carbocycles. The summed E-state index contributed by atoms with van der Waals surface area (Å²) < 4.78 is 0. The molecule has 1 amide bonds. The molecule has 1 N–H and O–H groups in total. The van der Waals surface area contributed by atoms with Crippen LogP contribution in [-0.4, -0.2) is 42.5 Å². The molecule has 4 nitrogen and oxygen atoms in total. The smallest absolute Gasteiger partial charge is 0.252 e. The molecule has 1 aliphatic carbocycles. The van der Waals surface area contributed by atoms with E-state index in [1.54, 1.807) is 6.20 Å². The second-order valence-corrected chi connectivity index (χ2v) is 6.23. The van der Waals surface area contributed by atoms with Crippen molar-refractivity contribution >= 4 is 5.91 Å². The van der Waals surface area contributed by atoms with Crippen molar-refractivity contribution in [2.75, 3.05) is 26.7 Å². The maximum atomic E-state index is 12.0. The van der Waals surface area contributed by atoms with Crippen LogP contribution in [0.2, 0.25) is 0 Å². The van der Waals surface area contributed by atoms with E-state index in [0.717, 1.165) is 18.8 Å². The Morgan fingerprint density at radius 3 is 2.90 bits per heavy atom. The van der Waals surface area contributed by atoms with E-state index in [-0.39, 0.29) is 5.91 Å². The second kappa shape index (κ2) is 5.92. The average Bonchev–Trinajstić information content (AvgIpc) is 3.29. The zero-order valence-corrected chi connectivity index (χ0v) is 12.1. The Bertz CT molecular complexity index is 467. The summed E-state index contributed by atoms with van der Waals surface area (Å²) in [6.07, 6.45) is 6.67. The first-order valence-corrected chi connectivity index (χ1v) is 7.65. The van der Waals surface area contributed by atoms with Crippen molar-refractivity contribution in [3.63, 3.8) is 0 Å². The predicted octanol–water partition coefficient (Wildman–Crippen LogP) is 2.03. The number of carbonyl (C=O) groups excluding carboxylic acids is 1. The zero-order chi connectivity index (χ0) is 13.9. The molecule has 0 aromatic carbocycles. The second-order valence-electron chi connectivity index (χ2n) is 6.23. The number of hydrogen-bond donors (Lipinski definition) is 1. The Labute approximate surface area is 120 Å². The molecule has 1 aromatic rings. The molecule has 2 heterocycles. The van der Waals surface area contributed by atoms with Crippen LogP contribution < -0.4 is 5.32 Å². The number of carbonyl (C=O) groups is 1. The predicted molar refractivity (Wildman–Crippen MR) is 78.8 cm³/mol. The lowest BCUT2D eigenvalue weighted by Crippen LogP contribution is -2.31. The first kappa shape index (κ1) is 13.6. The maximum absolute atomic E-state index is 12.0. The summed E-state index contributed by atoms with van der Waals surface area (Å²) in [4.78, 5) is 18.8. The number of nitrogens with zero attached hydrogens (tertiary/aromatic N) is 2. The molecule has 1 unspecified atom stereocenters. The van der Waals surface area contributed by atoms with Crippen molar-refractivity contribution in [3.8, 4) is 0 Å². The Morgan fingerprint density at radius 1 is 1.40 bits per heavy atom. The SMILES string of the molecule is CN1CCCC(c2ccc(C(=O)NCC3CC3)cn2)C1. The van der Waals surface area contributed by atoms with Crippen LogP contribution in [0.15, 0.2) is 18.3 Å². The van der Waals surface area contributed by atoms with Crippen molar-refractivity contribution in [1.29, 1.82) is 0 Å². The topological polar surface area (TPSA) is 45.2 Å². The van der Waals surface area contributed by atoms with Crippen LogP contribution in [0.25, 0.3) is 0 Å². The molecule has 3 rings (SSSR count). The van der Waals surface area contributed by atoms with Crippen molar-refractivity contribution in [3.05, 3.63) is 29.6 Å². The highest BCUT2D eigenvalue weighted by Gasteiger charge is 2.22. The largest absolute Gasteiger partial charge is 0.352 e. The number of likely N-dealkylation sites (tertiary alicyclic amines) is 1. The molecule has 1 saturated heterocycles. The quantitative estimate of drug-likeness (QED) is 0.913. The van der Waals surface area contributed by atoms with Gasteiger partial charge in [0, 0.05) is 30.9 Å². The third-order valence-electron chi connectivity index (χ3n) is 4.34. The third-order valence-corrected chi connectivity index (χ3v) is 4.34. The molecule has 2 aliphatic rings. The summed E-state index contributed by atoms with van der Waals surface area (Å²) in [5.74, 6) is 1.23. The number of pyridine rings is 1. The van der Waals surface area contributed by atoms with Gasteiger partial charge >= 0.3 is 0 Å². The Kier molecular flexibility index (Phi) is 4.01. The molecule has 4 heteroatoms. The van der Waals surface area contributed by atoms with Gasteiger partial charge < -0.3 is 10.2 Å². The Hall–Kier alpha value is -1.42. The summed E-state index contributed by atoms with van der Waals surface area (Å²) in [6, 6.07) is 3.94. The fourth-order valence-corrected chi connectivity index (χ4v) is 2.85. The van der Waals surface area contributed by atoms with Gasteiger partial charge in [0.25, 0.3) is 5.91 Å². The summed E-state index contributed by atoms with van der Waals surface area (Å²) in [5.41, 5.74) is 1.80. The molecule has 1 aliphatic heterocycles. The van der Waals surface area contributed by atoms with Crippen LogP contribution in [0.1, 0.15) is 47.7 Å². The minimum atomic E-state index is 0.0108. The lowest BCUT2D eigenvalue weighted by Gasteiger charge is -2.29. The number of rotatable bonds is 4. The van der Waals surface area contributed by atoms with Crippen molar-refractivity contribution in [2.24, 2.45) is 5.92 Å². The molecule has 0 radical (unpaired) electrons. The molecule has 1 aromatic heterocycles. The summed E-state index contributed by atoms with van der Waals surface area (Å²) in [5, 5.41) is 2.98.